The van der Waals surface area contributed by atoms with Crippen LogP contribution in [0.3, 0.4) is 0 Å². The number of unbranched alkanes of at least 4 members (excludes halogenated alkanes) is 14. The van der Waals surface area contributed by atoms with Crippen molar-refractivity contribution < 1.29 is 4.43 Å². The van der Waals surface area contributed by atoms with E-state index in [1.54, 1.807) is 0 Å². The Morgan fingerprint density at radius 1 is 0.727 bits per heavy atom. The van der Waals surface area contributed by atoms with Gasteiger partial charge in [0.05, 0.1) is 6.10 Å². The molecule has 0 aliphatic rings. The van der Waals surface area contributed by atoms with Crippen LogP contribution in [0.4, 0.5) is 0 Å². The lowest BCUT2D eigenvalue weighted by molar-refractivity contribution is 0.297. The van der Waals surface area contributed by atoms with Gasteiger partial charge in [0.25, 0.3) is 0 Å². The molecule has 1 atom stereocenters. The molecular formula is C20H42OSi. The molecule has 1 nitrogen and oxygen atoms in total. The van der Waals surface area contributed by atoms with E-state index in [4.69, 9.17) is 4.43 Å². The third kappa shape index (κ3) is 18.0. The molecule has 0 rings (SSSR count). The van der Waals surface area contributed by atoms with Crippen molar-refractivity contribution in [1.82, 2.24) is 0 Å². The van der Waals surface area contributed by atoms with Crippen molar-refractivity contribution >= 4 is 10.5 Å². The second kappa shape index (κ2) is 19.0. The first-order chi connectivity index (χ1) is 10.8. The second-order valence-corrected chi connectivity index (χ2v) is 7.23. The molecule has 0 heterocycles. The van der Waals surface area contributed by atoms with Crippen LogP contribution in [0.2, 0.25) is 0 Å². The Hall–Kier alpha value is -0.0831. The first kappa shape index (κ1) is 21.9. The van der Waals surface area contributed by atoms with Gasteiger partial charge in [0.1, 0.15) is 10.5 Å². The quantitative estimate of drug-likeness (QED) is 0.178. The normalized spacial score (nSPS) is 13.2. The van der Waals surface area contributed by atoms with Gasteiger partial charge in [-0.2, -0.15) is 0 Å². The molecule has 132 valence electrons. The Bertz CT molecular complexity index is 228. The SMILES string of the molecule is CCCCCCCCCCCCCCCCC=CC(C)O[SiH3]. The maximum Gasteiger partial charge on any atom is 0.146 e. The van der Waals surface area contributed by atoms with Crippen molar-refractivity contribution in [1.29, 1.82) is 0 Å². The third-order valence-electron chi connectivity index (χ3n) is 4.50. The zero-order valence-electron chi connectivity index (χ0n) is 15.7. The van der Waals surface area contributed by atoms with Crippen molar-refractivity contribution in [3.05, 3.63) is 12.2 Å². The van der Waals surface area contributed by atoms with Gasteiger partial charge in [-0.3, -0.25) is 0 Å². The number of rotatable bonds is 17. The van der Waals surface area contributed by atoms with Gasteiger partial charge in [-0.15, -0.1) is 0 Å². The minimum absolute atomic E-state index is 0.332. The van der Waals surface area contributed by atoms with E-state index in [1.807, 2.05) is 0 Å². The molecule has 0 aliphatic carbocycles. The maximum absolute atomic E-state index is 5.33. The number of hydrogen-bond donors (Lipinski definition) is 0. The van der Waals surface area contributed by atoms with Crippen molar-refractivity contribution in [2.75, 3.05) is 0 Å². The molecule has 0 radical (unpaired) electrons. The van der Waals surface area contributed by atoms with Crippen molar-refractivity contribution in [3.8, 4) is 0 Å². The lowest BCUT2D eigenvalue weighted by Gasteiger charge is -2.03. The van der Waals surface area contributed by atoms with Crippen LogP contribution in [0, 0.1) is 0 Å². The van der Waals surface area contributed by atoms with Gasteiger partial charge in [-0.25, -0.2) is 0 Å². The van der Waals surface area contributed by atoms with Gasteiger partial charge in [0, 0.05) is 0 Å². The molecule has 0 saturated heterocycles. The van der Waals surface area contributed by atoms with Crippen molar-refractivity contribution in [2.24, 2.45) is 0 Å². The molecule has 0 aromatic carbocycles. The summed E-state index contributed by atoms with van der Waals surface area (Å²) in [5.74, 6) is 0. The summed E-state index contributed by atoms with van der Waals surface area (Å²) in [6.45, 7) is 4.41. The van der Waals surface area contributed by atoms with Crippen molar-refractivity contribution in [3.63, 3.8) is 0 Å². The summed E-state index contributed by atoms with van der Waals surface area (Å²) in [5.41, 5.74) is 0. The smallest absolute Gasteiger partial charge is 0.146 e. The van der Waals surface area contributed by atoms with Gasteiger partial charge < -0.3 is 4.43 Å². The first-order valence-corrected chi connectivity index (χ1v) is 10.8. The van der Waals surface area contributed by atoms with Crippen LogP contribution in [0.15, 0.2) is 12.2 Å². The molecule has 0 aliphatic heterocycles. The largest absolute Gasteiger partial charge is 0.422 e. The predicted molar refractivity (Wildman–Crippen MR) is 105 cm³/mol. The zero-order valence-corrected chi connectivity index (χ0v) is 17.7. The third-order valence-corrected chi connectivity index (χ3v) is 5.25. The average molecular weight is 327 g/mol. The molecule has 0 spiro atoms. The van der Waals surface area contributed by atoms with E-state index in [0.717, 1.165) is 10.5 Å². The highest BCUT2D eigenvalue weighted by atomic mass is 28.2. The highest BCUT2D eigenvalue weighted by Gasteiger charge is 1.94. The van der Waals surface area contributed by atoms with Gasteiger partial charge >= 0.3 is 0 Å². The zero-order chi connectivity index (χ0) is 16.3. The molecule has 0 fully saturated rings. The van der Waals surface area contributed by atoms with Gasteiger partial charge in [-0.1, -0.05) is 103 Å². The van der Waals surface area contributed by atoms with E-state index in [1.165, 1.54) is 96.3 Å². The summed E-state index contributed by atoms with van der Waals surface area (Å²) in [5, 5.41) is 0. The molecule has 0 bridgehead atoms. The lowest BCUT2D eigenvalue weighted by atomic mass is 10.0. The van der Waals surface area contributed by atoms with E-state index in [-0.39, 0.29) is 0 Å². The van der Waals surface area contributed by atoms with E-state index in [0.29, 0.717) is 6.10 Å². The van der Waals surface area contributed by atoms with Gasteiger partial charge in [-0.05, 0) is 19.8 Å². The highest BCUT2D eigenvalue weighted by Crippen LogP contribution is 2.13. The Morgan fingerprint density at radius 3 is 1.55 bits per heavy atom. The molecule has 0 N–H and O–H groups in total. The molecule has 0 saturated carbocycles. The predicted octanol–water partition coefficient (Wildman–Crippen LogP) is 6.10. The Balaban J connectivity index is 3.04. The van der Waals surface area contributed by atoms with Crippen LogP contribution < -0.4 is 0 Å². The monoisotopic (exact) mass is 326 g/mol. The second-order valence-electron chi connectivity index (χ2n) is 6.75. The van der Waals surface area contributed by atoms with Crippen LogP contribution in [0.5, 0.6) is 0 Å². The standard InChI is InChI=1S/C20H42OSi/c1-3-4-5-6-7-8-9-10-11-12-13-14-15-16-17-18-19-20(2)21-22/h18-20H,3-17H2,1-2,22H3. The minimum atomic E-state index is 0.332. The van der Waals surface area contributed by atoms with Gasteiger partial charge in [0.2, 0.25) is 0 Å². The fourth-order valence-electron chi connectivity index (χ4n) is 2.82. The summed E-state index contributed by atoms with van der Waals surface area (Å²) < 4.78 is 5.33. The van der Waals surface area contributed by atoms with Crippen LogP contribution in [-0.2, 0) is 4.43 Å². The number of allylic oxidation sites excluding steroid dienone is 1. The number of hydrogen-bond acceptors (Lipinski definition) is 1. The maximum atomic E-state index is 5.33. The van der Waals surface area contributed by atoms with E-state index in [2.05, 4.69) is 26.0 Å². The van der Waals surface area contributed by atoms with Crippen LogP contribution in [-0.4, -0.2) is 16.6 Å². The molecule has 0 aromatic rings. The average Bonchev–Trinajstić information content (AvgIpc) is 2.54. The Labute approximate surface area is 143 Å². The van der Waals surface area contributed by atoms with Crippen LogP contribution >= 0.6 is 0 Å². The van der Waals surface area contributed by atoms with E-state index in [9.17, 15) is 0 Å². The molecule has 22 heavy (non-hydrogen) atoms. The van der Waals surface area contributed by atoms with Crippen LogP contribution in [0.1, 0.15) is 110 Å². The minimum Gasteiger partial charge on any atom is -0.422 e. The van der Waals surface area contributed by atoms with Gasteiger partial charge in [0.15, 0.2) is 0 Å². The summed E-state index contributed by atoms with van der Waals surface area (Å²) >= 11 is 0. The van der Waals surface area contributed by atoms with E-state index < -0.39 is 0 Å². The molecule has 1 unspecified atom stereocenters. The summed E-state index contributed by atoms with van der Waals surface area (Å²) in [6.07, 6.45) is 26.2. The summed E-state index contributed by atoms with van der Waals surface area (Å²) in [7, 11) is 0.843. The molecule has 0 amide bonds. The van der Waals surface area contributed by atoms with E-state index >= 15 is 0 Å². The molecule has 0 aromatic heterocycles. The summed E-state index contributed by atoms with van der Waals surface area (Å²) in [6, 6.07) is 0. The highest BCUT2D eigenvalue weighted by molar-refractivity contribution is 5.98. The lowest BCUT2D eigenvalue weighted by Crippen LogP contribution is -1.99. The molecule has 2 heteroatoms. The molecular weight excluding hydrogens is 284 g/mol. The van der Waals surface area contributed by atoms with Crippen molar-refractivity contribution in [2.45, 2.75) is 116 Å². The first-order valence-electron chi connectivity index (χ1n) is 10.0. The Morgan fingerprint density at radius 2 is 1.14 bits per heavy atom. The fraction of sp³-hybridized carbons (Fsp3) is 0.900. The topological polar surface area (TPSA) is 9.23 Å². The van der Waals surface area contributed by atoms with Crippen LogP contribution in [0.25, 0.3) is 0 Å². The summed E-state index contributed by atoms with van der Waals surface area (Å²) in [4.78, 5) is 0. The fourth-order valence-corrected chi connectivity index (χ4v) is 2.98. The Kier molecular flexibility index (Phi) is 18.9.